The van der Waals surface area contributed by atoms with Crippen LogP contribution in [0.2, 0.25) is 0 Å². The van der Waals surface area contributed by atoms with E-state index in [9.17, 15) is 9.90 Å². The van der Waals surface area contributed by atoms with Crippen LogP contribution < -0.4 is 0 Å². The lowest BCUT2D eigenvalue weighted by Crippen LogP contribution is -2.16. The molecule has 0 aromatic heterocycles. The van der Waals surface area contributed by atoms with E-state index in [1.807, 2.05) is 24.3 Å². The van der Waals surface area contributed by atoms with Crippen LogP contribution in [-0.2, 0) is 4.79 Å². The lowest BCUT2D eigenvalue weighted by atomic mass is 9.80. The van der Waals surface area contributed by atoms with Gasteiger partial charge in [0.15, 0.2) is 5.78 Å². The third-order valence-corrected chi connectivity index (χ3v) is 4.38. The molecule has 3 nitrogen and oxygen atoms in total. The first-order valence-electron chi connectivity index (χ1n) is 9.06. The van der Waals surface area contributed by atoms with E-state index in [0.29, 0.717) is 12.8 Å². The summed E-state index contributed by atoms with van der Waals surface area (Å²) in [5.74, 6) is 0.0579. The monoisotopic (exact) mass is 332 g/mol. The first-order chi connectivity index (χ1) is 11.5. The molecule has 0 aromatic carbocycles. The van der Waals surface area contributed by atoms with Crippen molar-refractivity contribution in [1.82, 2.24) is 0 Å². The van der Waals surface area contributed by atoms with Crippen LogP contribution in [-0.4, -0.2) is 28.7 Å². The van der Waals surface area contributed by atoms with Gasteiger partial charge in [-0.25, -0.2) is 0 Å². The highest BCUT2D eigenvalue weighted by Gasteiger charge is 2.33. The Bertz CT molecular complexity index is 499. The quantitative estimate of drug-likeness (QED) is 0.337. The maximum atomic E-state index is 12.1. The molecule has 2 N–H and O–H groups in total. The molecule has 1 aliphatic rings. The second-order valence-electron chi connectivity index (χ2n) is 6.63. The van der Waals surface area contributed by atoms with Crippen LogP contribution in [0.5, 0.6) is 0 Å². The van der Waals surface area contributed by atoms with Gasteiger partial charge in [0.1, 0.15) is 0 Å². The minimum atomic E-state index is -0.438. The summed E-state index contributed by atoms with van der Waals surface area (Å²) in [6, 6.07) is 0. The molecule has 1 rings (SSSR count). The van der Waals surface area contributed by atoms with Crippen molar-refractivity contribution in [2.45, 2.75) is 64.9 Å². The van der Waals surface area contributed by atoms with Crippen LogP contribution >= 0.6 is 0 Å². The van der Waals surface area contributed by atoms with E-state index < -0.39 is 6.10 Å². The largest absolute Gasteiger partial charge is 0.396 e. The fourth-order valence-corrected chi connectivity index (χ4v) is 2.82. The Morgan fingerprint density at radius 3 is 2.67 bits per heavy atom. The van der Waals surface area contributed by atoms with E-state index in [1.54, 1.807) is 6.08 Å². The second-order valence-corrected chi connectivity index (χ2v) is 6.63. The van der Waals surface area contributed by atoms with E-state index in [1.165, 1.54) is 0 Å². The van der Waals surface area contributed by atoms with Gasteiger partial charge in [-0.3, -0.25) is 4.79 Å². The Morgan fingerprint density at radius 1 is 1.17 bits per heavy atom. The zero-order chi connectivity index (χ0) is 17.8. The van der Waals surface area contributed by atoms with Crippen molar-refractivity contribution in [3.8, 4) is 0 Å². The maximum absolute atomic E-state index is 12.1. The van der Waals surface area contributed by atoms with Gasteiger partial charge in [-0.2, -0.15) is 0 Å². The molecule has 1 unspecified atom stereocenters. The molecular weight excluding hydrogens is 300 g/mol. The van der Waals surface area contributed by atoms with E-state index in [-0.39, 0.29) is 17.8 Å². The average molecular weight is 332 g/mol. The van der Waals surface area contributed by atoms with Gasteiger partial charge in [-0.1, -0.05) is 50.3 Å². The molecule has 1 aliphatic carbocycles. The van der Waals surface area contributed by atoms with E-state index in [2.05, 4.69) is 26.0 Å². The summed E-state index contributed by atoms with van der Waals surface area (Å²) < 4.78 is 0. The minimum absolute atomic E-state index is 0.0579. The molecule has 24 heavy (non-hydrogen) atoms. The van der Waals surface area contributed by atoms with Gasteiger partial charge >= 0.3 is 0 Å². The summed E-state index contributed by atoms with van der Waals surface area (Å²) in [4.78, 5) is 12.1. The number of allylic oxidation sites excluding steroid dienone is 6. The first kappa shape index (κ1) is 20.6. The number of hydrogen-bond donors (Lipinski definition) is 2. The molecule has 0 aromatic rings. The van der Waals surface area contributed by atoms with Crippen LogP contribution in [0.15, 0.2) is 48.1 Å². The van der Waals surface area contributed by atoms with Gasteiger partial charge in [0.25, 0.3) is 0 Å². The minimum Gasteiger partial charge on any atom is -0.396 e. The molecule has 0 spiro atoms. The van der Waals surface area contributed by atoms with Crippen molar-refractivity contribution in [3.05, 3.63) is 48.1 Å². The molecule has 0 saturated heterocycles. The number of carbonyl (C=O) groups is 1. The van der Waals surface area contributed by atoms with Gasteiger partial charge < -0.3 is 10.2 Å². The predicted molar refractivity (Wildman–Crippen MR) is 99.7 cm³/mol. The molecule has 0 radical (unpaired) electrons. The number of hydrogen-bond acceptors (Lipinski definition) is 3. The van der Waals surface area contributed by atoms with Gasteiger partial charge in [-0.05, 0) is 51.0 Å². The van der Waals surface area contributed by atoms with Crippen molar-refractivity contribution in [2.24, 2.45) is 5.41 Å². The van der Waals surface area contributed by atoms with Crippen molar-refractivity contribution in [2.75, 3.05) is 6.61 Å². The highest BCUT2D eigenvalue weighted by molar-refractivity contribution is 6.08. The molecular formula is C21H32O3. The first-order valence-corrected chi connectivity index (χ1v) is 9.06. The van der Waals surface area contributed by atoms with E-state index in [0.717, 1.165) is 37.7 Å². The SMILES string of the molecule is CC/C=C\C[C@H](O)C/C=C1/C(=O)C=CC1(C)C/C=C\CCCCO. The molecule has 134 valence electrons. The van der Waals surface area contributed by atoms with E-state index >= 15 is 0 Å². The van der Waals surface area contributed by atoms with Gasteiger partial charge in [0, 0.05) is 17.6 Å². The van der Waals surface area contributed by atoms with Crippen molar-refractivity contribution in [1.29, 1.82) is 0 Å². The molecule has 0 fully saturated rings. The smallest absolute Gasteiger partial charge is 0.182 e. The number of aliphatic hydroxyl groups excluding tert-OH is 2. The normalized spacial score (nSPS) is 24.0. The summed E-state index contributed by atoms with van der Waals surface area (Å²) in [7, 11) is 0. The summed E-state index contributed by atoms with van der Waals surface area (Å²) >= 11 is 0. The summed E-state index contributed by atoms with van der Waals surface area (Å²) in [5, 5.41) is 18.8. The van der Waals surface area contributed by atoms with Gasteiger partial charge in [-0.15, -0.1) is 0 Å². The van der Waals surface area contributed by atoms with Crippen LogP contribution in [0.25, 0.3) is 0 Å². The summed E-state index contributed by atoms with van der Waals surface area (Å²) in [6.45, 7) is 4.38. The molecule has 0 saturated carbocycles. The molecule has 0 amide bonds. The highest BCUT2D eigenvalue weighted by Crippen LogP contribution is 2.39. The van der Waals surface area contributed by atoms with Crippen molar-refractivity contribution in [3.63, 3.8) is 0 Å². The fourth-order valence-electron chi connectivity index (χ4n) is 2.82. The third kappa shape index (κ3) is 6.98. The fraction of sp³-hybridized carbons (Fsp3) is 0.571. The number of rotatable bonds is 11. The lowest BCUT2D eigenvalue weighted by Gasteiger charge is -2.22. The number of ketones is 1. The van der Waals surface area contributed by atoms with Crippen LogP contribution in [0, 0.1) is 5.41 Å². The summed E-state index contributed by atoms with van der Waals surface area (Å²) in [6.07, 6.45) is 19.0. The number of aliphatic hydroxyl groups is 2. The van der Waals surface area contributed by atoms with Crippen LogP contribution in [0.1, 0.15) is 58.8 Å². The molecule has 3 heteroatoms. The number of unbranched alkanes of at least 4 members (excludes halogenated alkanes) is 2. The van der Waals surface area contributed by atoms with Crippen LogP contribution in [0.4, 0.5) is 0 Å². The Morgan fingerprint density at radius 2 is 1.96 bits per heavy atom. The standard InChI is InChI=1S/C21H32O3/c1-3-4-8-11-18(23)12-13-19-20(24)14-16-21(19,2)15-9-6-5-7-10-17-22/h4,6,8-9,13-14,16,18,22-23H,3,5,7,10-12,15,17H2,1-2H3/b8-4-,9-6-,19-13-/t18-,21?/m0/s1. The topological polar surface area (TPSA) is 57.5 Å². The molecule has 0 heterocycles. The predicted octanol–water partition coefficient (Wildman–Crippen LogP) is 4.27. The average Bonchev–Trinajstić information content (AvgIpc) is 2.84. The van der Waals surface area contributed by atoms with Crippen LogP contribution in [0.3, 0.4) is 0 Å². The maximum Gasteiger partial charge on any atom is 0.182 e. The van der Waals surface area contributed by atoms with Gasteiger partial charge in [0.2, 0.25) is 0 Å². The zero-order valence-corrected chi connectivity index (χ0v) is 15.1. The van der Waals surface area contributed by atoms with Crippen molar-refractivity contribution < 1.29 is 15.0 Å². The Labute approximate surface area is 146 Å². The van der Waals surface area contributed by atoms with E-state index in [4.69, 9.17) is 5.11 Å². The third-order valence-electron chi connectivity index (χ3n) is 4.38. The summed E-state index contributed by atoms with van der Waals surface area (Å²) in [5.41, 5.74) is 0.518. The number of carbonyl (C=O) groups excluding carboxylic acids is 1. The Balaban J connectivity index is 2.58. The Kier molecular flexibility index (Phi) is 9.58. The molecule has 0 aliphatic heterocycles. The molecule has 0 bridgehead atoms. The second kappa shape index (κ2) is 11.2. The zero-order valence-electron chi connectivity index (χ0n) is 15.1. The molecule has 2 atom stereocenters. The highest BCUT2D eigenvalue weighted by atomic mass is 16.3. The lowest BCUT2D eigenvalue weighted by molar-refractivity contribution is -0.111. The van der Waals surface area contributed by atoms with Gasteiger partial charge in [0.05, 0.1) is 6.10 Å². The van der Waals surface area contributed by atoms with Crippen molar-refractivity contribution >= 4 is 5.78 Å². The Hall–Kier alpha value is -1.45.